The summed E-state index contributed by atoms with van der Waals surface area (Å²) in [5.41, 5.74) is 0.896. The molecule has 1 fully saturated rings. The minimum Gasteiger partial charge on any atom is -0.491 e. The van der Waals surface area contributed by atoms with E-state index in [-0.39, 0.29) is 5.82 Å². The van der Waals surface area contributed by atoms with E-state index < -0.39 is 0 Å². The Morgan fingerprint density at radius 2 is 2.25 bits per heavy atom. The Hall–Kier alpha value is -1.29. The Kier molecular flexibility index (Phi) is 3.29. The topological polar surface area (TPSA) is 24.5 Å². The van der Waals surface area contributed by atoms with Crippen molar-refractivity contribution in [1.29, 1.82) is 0 Å². The molecule has 16 heavy (non-hydrogen) atoms. The Labute approximate surface area is 95.2 Å². The number of anilines is 1. The second-order valence-electron chi connectivity index (χ2n) is 3.97. The molecule has 88 valence electrons. The molecule has 1 aliphatic rings. The molecular weight excluding hydrogens is 207 g/mol. The van der Waals surface area contributed by atoms with Crippen molar-refractivity contribution in [1.82, 2.24) is 5.32 Å². The Morgan fingerprint density at radius 1 is 1.50 bits per heavy atom. The van der Waals surface area contributed by atoms with Gasteiger partial charge in [0.25, 0.3) is 0 Å². The minimum absolute atomic E-state index is 0.293. The smallest absolute Gasteiger partial charge is 0.167 e. The zero-order valence-electron chi connectivity index (χ0n) is 9.66. The Morgan fingerprint density at radius 3 is 2.75 bits per heavy atom. The van der Waals surface area contributed by atoms with Crippen LogP contribution in [0.1, 0.15) is 6.92 Å². The summed E-state index contributed by atoms with van der Waals surface area (Å²) in [7, 11) is 1.99. The summed E-state index contributed by atoms with van der Waals surface area (Å²) < 4.78 is 18.8. The van der Waals surface area contributed by atoms with E-state index >= 15 is 0 Å². The highest BCUT2D eigenvalue weighted by molar-refractivity contribution is 5.50. The van der Waals surface area contributed by atoms with E-state index in [1.165, 1.54) is 6.07 Å². The van der Waals surface area contributed by atoms with Crippen molar-refractivity contribution in [3.05, 3.63) is 24.0 Å². The van der Waals surface area contributed by atoms with Crippen molar-refractivity contribution in [3.63, 3.8) is 0 Å². The molecule has 0 spiro atoms. The van der Waals surface area contributed by atoms with E-state index in [4.69, 9.17) is 4.74 Å². The summed E-state index contributed by atoms with van der Waals surface area (Å²) in [6, 6.07) is 5.59. The van der Waals surface area contributed by atoms with E-state index in [1.54, 1.807) is 6.07 Å². The van der Waals surface area contributed by atoms with Gasteiger partial charge in [0, 0.05) is 31.9 Å². The van der Waals surface area contributed by atoms with Crippen LogP contribution < -0.4 is 15.0 Å². The lowest BCUT2D eigenvalue weighted by Gasteiger charge is -2.37. The number of hydrogen-bond acceptors (Lipinski definition) is 3. The zero-order chi connectivity index (χ0) is 11.5. The monoisotopic (exact) mass is 224 g/mol. The fraction of sp³-hybridized carbons (Fsp3) is 0.500. The molecule has 0 unspecified atom stereocenters. The lowest BCUT2D eigenvalue weighted by molar-refractivity contribution is 0.321. The van der Waals surface area contributed by atoms with Crippen LogP contribution in [0.25, 0.3) is 0 Å². The number of rotatable bonds is 4. The largest absolute Gasteiger partial charge is 0.491 e. The SMILES string of the molecule is CCOc1ccc(N(C)C2CNC2)cc1F. The van der Waals surface area contributed by atoms with E-state index in [1.807, 2.05) is 20.0 Å². The summed E-state index contributed by atoms with van der Waals surface area (Å²) in [6.07, 6.45) is 0. The van der Waals surface area contributed by atoms with Crippen molar-refractivity contribution in [2.45, 2.75) is 13.0 Å². The highest BCUT2D eigenvalue weighted by Gasteiger charge is 2.22. The van der Waals surface area contributed by atoms with Gasteiger partial charge in [-0.15, -0.1) is 0 Å². The van der Waals surface area contributed by atoms with Crippen molar-refractivity contribution < 1.29 is 9.13 Å². The van der Waals surface area contributed by atoms with Gasteiger partial charge in [0.15, 0.2) is 11.6 Å². The van der Waals surface area contributed by atoms with Crippen molar-refractivity contribution in [2.75, 3.05) is 31.6 Å². The van der Waals surface area contributed by atoms with Crippen LogP contribution >= 0.6 is 0 Å². The quantitative estimate of drug-likeness (QED) is 0.841. The van der Waals surface area contributed by atoms with Crippen LogP contribution in [0.15, 0.2) is 18.2 Å². The third-order valence-corrected chi connectivity index (χ3v) is 2.93. The molecule has 1 N–H and O–H groups in total. The Bertz CT molecular complexity index is 366. The molecule has 1 aromatic carbocycles. The van der Waals surface area contributed by atoms with Crippen molar-refractivity contribution >= 4 is 5.69 Å². The molecule has 1 aliphatic heterocycles. The van der Waals surface area contributed by atoms with Crippen LogP contribution in [0.2, 0.25) is 0 Å². The molecule has 3 nitrogen and oxygen atoms in total. The first kappa shape index (κ1) is 11.2. The summed E-state index contributed by atoms with van der Waals surface area (Å²) in [4.78, 5) is 2.09. The maximum Gasteiger partial charge on any atom is 0.167 e. The van der Waals surface area contributed by atoms with Crippen molar-refractivity contribution in [3.8, 4) is 5.75 Å². The molecule has 2 rings (SSSR count). The molecule has 1 heterocycles. The van der Waals surface area contributed by atoms with Gasteiger partial charge in [0.2, 0.25) is 0 Å². The van der Waals surface area contributed by atoms with Crippen LogP contribution in [0, 0.1) is 5.82 Å². The molecule has 0 aromatic heterocycles. The zero-order valence-corrected chi connectivity index (χ0v) is 9.66. The van der Waals surface area contributed by atoms with E-state index in [0.717, 1.165) is 18.8 Å². The predicted octanol–water partition coefficient (Wildman–Crippen LogP) is 1.63. The fourth-order valence-corrected chi connectivity index (χ4v) is 1.74. The Balaban J connectivity index is 2.13. The van der Waals surface area contributed by atoms with Gasteiger partial charge in [-0.2, -0.15) is 0 Å². The summed E-state index contributed by atoms with van der Waals surface area (Å²) >= 11 is 0. The summed E-state index contributed by atoms with van der Waals surface area (Å²) in [6.45, 7) is 4.26. The minimum atomic E-state index is -0.293. The van der Waals surface area contributed by atoms with Crippen LogP contribution in [0.3, 0.4) is 0 Å². The number of halogens is 1. The third kappa shape index (κ3) is 2.11. The summed E-state index contributed by atoms with van der Waals surface area (Å²) in [5, 5.41) is 3.20. The molecule has 0 aliphatic carbocycles. The van der Waals surface area contributed by atoms with Gasteiger partial charge in [-0.25, -0.2) is 4.39 Å². The number of nitrogens with zero attached hydrogens (tertiary/aromatic N) is 1. The molecule has 1 aromatic rings. The molecule has 1 saturated heterocycles. The van der Waals surface area contributed by atoms with Crippen LogP contribution in [-0.4, -0.2) is 32.8 Å². The molecule has 0 atom stereocenters. The average Bonchev–Trinajstić information content (AvgIpc) is 2.18. The molecule has 0 amide bonds. The van der Waals surface area contributed by atoms with Gasteiger partial charge in [-0.3, -0.25) is 0 Å². The number of likely N-dealkylation sites (N-methyl/N-ethyl adjacent to an activating group) is 1. The van der Waals surface area contributed by atoms with Crippen LogP contribution in [0.4, 0.5) is 10.1 Å². The van der Waals surface area contributed by atoms with Crippen LogP contribution in [-0.2, 0) is 0 Å². The fourth-order valence-electron chi connectivity index (χ4n) is 1.74. The third-order valence-electron chi connectivity index (χ3n) is 2.93. The first-order valence-corrected chi connectivity index (χ1v) is 5.58. The molecule has 4 heteroatoms. The average molecular weight is 224 g/mol. The van der Waals surface area contributed by atoms with E-state index in [9.17, 15) is 4.39 Å². The summed E-state index contributed by atoms with van der Waals surface area (Å²) in [5.74, 6) is 0.0323. The lowest BCUT2D eigenvalue weighted by atomic mass is 10.1. The van der Waals surface area contributed by atoms with E-state index in [0.29, 0.717) is 18.4 Å². The first-order chi connectivity index (χ1) is 7.72. The maximum absolute atomic E-state index is 13.6. The molecular formula is C12H17FN2O. The van der Waals surface area contributed by atoms with E-state index in [2.05, 4.69) is 10.2 Å². The second-order valence-corrected chi connectivity index (χ2v) is 3.97. The van der Waals surface area contributed by atoms with Gasteiger partial charge in [0.05, 0.1) is 12.6 Å². The lowest BCUT2D eigenvalue weighted by Crippen LogP contribution is -2.56. The van der Waals surface area contributed by atoms with Crippen LogP contribution in [0.5, 0.6) is 5.75 Å². The number of nitrogens with one attached hydrogen (secondary N) is 1. The number of hydrogen-bond donors (Lipinski definition) is 1. The van der Waals surface area contributed by atoms with Crippen molar-refractivity contribution in [2.24, 2.45) is 0 Å². The van der Waals surface area contributed by atoms with Gasteiger partial charge >= 0.3 is 0 Å². The van der Waals surface area contributed by atoms with Gasteiger partial charge < -0.3 is 15.0 Å². The highest BCUT2D eigenvalue weighted by atomic mass is 19.1. The number of benzene rings is 1. The van der Waals surface area contributed by atoms with Gasteiger partial charge in [-0.05, 0) is 19.1 Å². The number of ether oxygens (including phenoxy) is 1. The molecule has 0 bridgehead atoms. The van der Waals surface area contributed by atoms with Gasteiger partial charge in [-0.1, -0.05) is 0 Å². The predicted molar refractivity (Wildman–Crippen MR) is 62.6 cm³/mol. The molecule has 0 saturated carbocycles. The highest BCUT2D eigenvalue weighted by Crippen LogP contribution is 2.24. The maximum atomic E-state index is 13.6. The first-order valence-electron chi connectivity index (χ1n) is 5.58. The second kappa shape index (κ2) is 4.70. The normalized spacial score (nSPS) is 15.7. The molecule has 0 radical (unpaired) electrons. The standard InChI is InChI=1S/C12H17FN2O/c1-3-16-12-5-4-9(6-11(12)13)15(2)10-7-14-8-10/h4-6,10,14H,3,7-8H2,1-2H3. The van der Waals surface area contributed by atoms with Gasteiger partial charge in [0.1, 0.15) is 0 Å².